The average molecular weight is 482 g/mol. The molecule has 0 fully saturated rings. The van der Waals surface area contributed by atoms with Crippen LogP contribution in [0.3, 0.4) is 0 Å². The number of dihydropyridines is 1. The first-order valence-electron chi connectivity index (χ1n) is 10.9. The smallest absolute Gasteiger partial charge is 0.336 e. The number of ether oxygens (including phenoxy) is 3. The van der Waals surface area contributed by atoms with E-state index in [1.807, 2.05) is 49.6 Å². The molecule has 0 spiro atoms. The summed E-state index contributed by atoms with van der Waals surface area (Å²) in [6.07, 6.45) is 0.417. The Morgan fingerprint density at radius 3 is 2.29 bits per heavy atom. The standard InChI is InChI=1S/C26H27NO6S/c1-13-10-11-34-24(13)22-19(25(29)32-4)14(2)27-18-12-17(15-6-8-16(31-3)9-7-15)20(26(30)33-5)23(28)21(18)22/h6-11,17,20,22,27H,12H2,1-5H3/t17-,20+,22-/m0/s1. The molecule has 0 bridgehead atoms. The molecule has 2 aliphatic rings. The highest BCUT2D eigenvalue weighted by Crippen LogP contribution is 2.49. The third-order valence-corrected chi connectivity index (χ3v) is 7.67. The van der Waals surface area contributed by atoms with E-state index in [-0.39, 0.29) is 5.78 Å². The van der Waals surface area contributed by atoms with Crippen molar-refractivity contribution in [2.75, 3.05) is 21.3 Å². The van der Waals surface area contributed by atoms with E-state index in [4.69, 9.17) is 14.2 Å². The first-order valence-corrected chi connectivity index (χ1v) is 11.8. The van der Waals surface area contributed by atoms with Gasteiger partial charge in [0, 0.05) is 27.8 Å². The second kappa shape index (κ2) is 9.46. The van der Waals surface area contributed by atoms with Crippen molar-refractivity contribution in [2.24, 2.45) is 5.92 Å². The van der Waals surface area contributed by atoms with Gasteiger partial charge in [-0.25, -0.2) is 4.79 Å². The van der Waals surface area contributed by atoms with E-state index in [0.717, 1.165) is 16.0 Å². The lowest BCUT2D eigenvalue weighted by atomic mass is 9.68. The van der Waals surface area contributed by atoms with Crippen LogP contribution in [-0.2, 0) is 23.9 Å². The Bertz CT molecular complexity index is 1210. The maximum absolute atomic E-state index is 14.1. The second-order valence-corrected chi connectivity index (χ2v) is 9.34. The summed E-state index contributed by atoms with van der Waals surface area (Å²) in [6, 6.07) is 9.31. The van der Waals surface area contributed by atoms with Gasteiger partial charge in [0.1, 0.15) is 11.7 Å². The van der Waals surface area contributed by atoms with E-state index in [0.29, 0.717) is 34.7 Å². The Morgan fingerprint density at radius 2 is 1.74 bits per heavy atom. The van der Waals surface area contributed by atoms with Crippen LogP contribution in [0, 0.1) is 12.8 Å². The van der Waals surface area contributed by atoms with Crippen molar-refractivity contribution in [1.82, 2.24) is 5.32 Å². The van der Waals surface area contributed by atoms with Gasteiger partial charge in [-0.3, -0.25) is 9.59 Å². The number of hydrogen-bond donors (Lipinski definition) is 1. The van der Waals surface area contributed by atoms with Gasteiger partial charge in [-0.2, -0.15) is 0 Å². The molecule has 1 aromatic carbocycles. The Labute approximate surface area is 202 Å². The monoisotopic (exact) mass is 481 g/mol. The van der Waals surface area contributed by atoms with Crippen LogP contribution in [0.15, 0.2) is 58.3 Å². The lowest BCUT2D eigenvalue weighted by Gasteiger charge is -2.39. The van der Waals surface area contributed by atoms with Gasteiger partial charge in [0.05, 0.1) is 32.8 Å². The highest BCUT2D eigenvalue weighted by molar-refractivity contribution is 7.10. The number of allylic oxidation sites excluding steroid dienone is 3. The third kappa shape index (κ3) is 3.92. The predicted molar refractivity (Wildman–Crippen MR) is 128 cm³/mol. The molecule has 2 aromatic rings. The average Bonchev–Trinajstić information content (AvgIpc) is 3.27. The van der Waals surface area contributed by atoms with E-state index < -0.39 is 29.7 Å². The molecule has 0 saturated carbocycles. The van der Waals surface area contributed by atoms with Crippen molar-refractivity contribution in [3.05, 3.63) is 74.3 Å². The number of methoxy groups -OCH3 is 3. The SMILES string of the molecule is COC(=O)C1=C(C)NC2=C(C(=O)[C@H](C(=O)OC)[C@H](c3ccc(OC)cc3)C2)[C@H]1c1sccc1C. The fourth-order valence-electron chi connectivity index (χ4n) is 4.92. The summed E-state index contributed by atoms with van der Waals surface area (Å²) in [5, 5.41) is 5.22. The predicted octanol–water partition coefficient (Wildman–Crippen LogP) is 4.00. The molecular weight excluding hydrogens is 454 g/mol. The number of carbonyl (C=O) groups excluding carboxylic acids is 3. The van der Waals surface area contributed by atoms with Crippen LogP contribution in [0.1, 0.15) is 41.2 Å². The first-order chi connectivity index (χ1) is 16.3. The van der Waals surface area contributed by atoms with Crippen molar-refractivity contribution in [2.45, 2.75) is 32.1 Å². The third-order valence-electron chi connectivity index (χ3n) is 6.59. The summed E-state index contributed by atoms with van der Waals surface area (Å²) >= 11 is 1.48. The number of Topliss-reactive ketones (excluding diaryl/α,β-unsaturated/α-hetero) is 1. The fourth-order valence-corrected chi connectivity index (χ4v) is 5.96. The van der Waals surface area contributed by atoms with Crippen LogP contribution in [0.4, 0.5) is 0 Å². The zero-order valence-electron chi connectivity index (χ0n) is 19.8. The maximum atomic E-state index is 14.1. The summed E-state index contributed by atoms with van der Waals surface area (Å²) in [5.41, 5.74) is 3.97. The van der Waals surface area contributed by atoms with Gasteiger partial charge >= 0.3 is 11.9 Å². The van der Waals surface area contributed by atoms with Gasteiger partial charge in [0.2, 0.25) is 0 Å². The van der Waals surface area contributed by atoms with E-state index in [2.05, 4.69) is 5.32 Å². The van der Waals surface area contributed by atoms with Gasteiger partial charge in [0.25, 0.3) is 0 Å². The molecule has 7 nitrogen and oxygen atoms in total. The fraction of sp³-hybridized carbons (Fsp3) is 0.346. The van der Waals surface area contributed by atoms with Crippen LogP contribution in [0.2, 0.25) is 0 Å². The van der Waals surface area contributed by atoms with Gasteiger partial charge in [-0.15, -0.1) is 11.3 Å². The normalized spacial score (nSPS) is 22.1. The molecule has 2 heterocycles. The molecule has 8 heteroatoms. The lowest BCUT2D eigenvalue weighted by Crippen LogP contribution is -2.43. The molecule has 34 heavy (non-hydrogen) atoms. The largest absolute Gasteiger partial charge is 0.497 e. The van der Waals surface area contributed by atoms with Crippen LogP contribution in [-0.4, -0.2) is 39.1 Å². The van der Waals surface area contributed by atoms with E-state index >= 15 is 0 Å². The molecule has 0 amide bonds. The van der Waals surface area contributed by atoms with Gasteiger partial charge in [0.15, 0.2) is 5.78 Å². The van der Waals surface area contributed by atoms with Gasteiger partial charge < -0.3 is 19.5 Å². The zero-order chi connectivity index (χ0) is 24.6. The molecule has 1 aliphatic carbocycles. The van der Waals surface area contributed by atoms with Crippen molar-refractivity contribution in [1.29, 1.82) is 0 Å². The minimum atomic E-state index is -1.03. The van der Waals surface area contributed by atoms with Crippen molar-refractivity contribution in [3.63, 3.8) is 0 Å². The first kappa shape index (κ1) is 23.8. The second-order valence-electron chi connectivity index (χ2n) is 8.40. The van der Waals surface area contributed by atoms with Crippen molar-refractivity contribution >= 4 is 29.1 Å². The summed E-state index contributed by atoms with van der Waals surface area (Å²) in [4.78, 5) is 40.7. The maximum Gasteiger partial charge on any atom is 0.336 e. The van der Waals surface area contributed by atoms with E-state index in [1.165, 1.54) is 25.6 Å². The number of carbonyl (C=O) groups is 3. The Balaban J connectivity index is 1.89. The minimum absolute atomic E-state index is 0.340. The highest BCUT2D eigenvalue weighted by atomic mass is 32.1. The van der Waals surface area contributed by atoms with Crippen molar-refractivity contribution in [3.8, 4) is 5.75 Å². The van der Waals surface area contributed by atoms with Gasteiger partial charge in [-0.05, 0) is 55.0 Å². The van der Waals surface area contributed by atoms with Gasteiger partial charge in [-0.1, -0.05) is 12.1 Å². The molecule has 178 valence electrons. The summed E-state index contributed by atoms with van der Waals surface area (Å²) in [7, 11) is 4.19. The van der Waals surface area contributed by atoms with Crippen LogP contribution in [0.5, 0.6) is 5.75 Å². The van der Waals surface area contributed by atoms with Crippen LogP contribution < -0.4 is 10.1 Å². The Kier molecular flexibility index (Phi) is 6.61. The molecule has 0 saturated heterocycles. The molecule has 0 unspecified atom stereocenters. The Hall–Kier alpha value is -3.39. The topological polar surface area (TPSA) is 90.9 Å². The van der Waals surface area contributed by atoms with E-state index in [1.54, 1.807) is 7.11 Å². The number of benzene rings is 1. The molecule has 1 aliphatic heterocycles. The van der Waals surface area contributed by atoms with Crippen molar-refractivity contribution < 1.29 is 28.6 Å². The number of rotatable bonds is 5. The lowest BCUT2D eigenvalue weighted by molar-refractivity contribution is -0.150. The van der Waals surface area contributed by atoms with Crippen LogP contribution in [0.25, 0.3) is 0 Å². The number of esters is 2. The molecule has 0 radical (unpaired) electrons. The zero-order valence-corrected chi connectivity index (χ0v) is 20.6. The number of ketones is 1. The molecular formula is C26H27NO6S. The number of hydrogen-bond acceptors (Lipinski definition) is 8. The summed E-state index contributed by atoms with van der Waals surface area (Å²) in [5.74, 6) is -2.81. The molecule has 3 atom stereocenters. The molecule has 1 aromatic heterocycles. The quantitative estimate of drug-likeness (QED) is 0.510. The highest BCUT2D eigenvalue weighted by Gasteiger charge is 2.49. The summed E-state index contributed by atoms with van der Waals surface area (Å²) < 4.78 is 15.4. The Morgan fingerprint density at radius 1 is 1.03 bits per heavy atom. The number of nitrogens with one attached hydrogen (secondary N) is 1. The number of thiophene rings is 1. The number of aryl methyl sites for hydroxylation is 1. The summed E-state index contributed by atoms with van der Waals surface area (Å²) in [6.45, 7) is 3.76. The van der Waals surface area contributed by atoms with Crippen LogP contribution >= 0.6 is 11.3 Å². The molecule has 1 N–H and O–H groups in total. The van der Waals surface area contributed by atoms with E-state index in [9.17, 15) is 14.4 Å². The molecule has 4 rings (SSSR count). The minimum Gasteiger partial charge on any atom is -0.497 e.